The highest BCUT2D eigenvalue weighted by atomic mass is 19.1. The van der Waals surface area contributed by atoms with Crippen LogP contribution in [0.3, 0.4) is 0 Å². The van der Waals surface area contributed by atoms with Crippen LogP contribution in [-0.2, 0) is 0 Å². The number of anilines is 1. The second-order valence-electron chi connectivity index (χ2n) is 3.95. The number of rotatable bonds is 2. The third-order valence-electron chi connectivity index (χ3n) is 2.82. The summed E-state index contributed by atoms with van der Waals surface area (Å²) < 4.78 is 13.4. The van der Waals surface area contributed by atoms with E-state index in [4.69, 9.17) is 5.11 Å². The molecule has 0 radical (unpaired) electrons. The van der Waals surface area contributed by atoms with E-state index in [1.807, 2.05) is 4.90 Å². The van der Waals surface area contributed by atoms with E-state index in [2.05, 4.69) is 4.98 Å². The Morgan fingerprint density at radius 3 is 3.20 bits per heavy atom. The number of piperidine rings is 1. The van der Waals surface area contributed by atoms with Crippen molar-refractivity contribution in [2.45, 2.75) is 12.8 Å². The number of hydrogen-bond acceptors (Lipinski definition) is 3. The monoisotopic (exact) mass is 210 g/mol. The molecule has 0 spiro atoms. The van der Waals surface area contributed by atoms with Gasteiger partial charge in [-0.2, -0.15) is 0 Å². The normalized spacial score (nSPS) is 21.7. The number of pyridine rings is 1. The lowest BCUT2D eigenvalue weighted by atomic mass is 9.99. The third kappa shape index (κ3) is 2.26. The summed E-state index contributed by atoms with van der Waals surface area (Å²) in [5.74, 6) is 0.381. The van der Waals surface area contributed by atoms with E-state index in [0.29, 0.717) is 12.4 Å². The highest BCUT2D eigenvalue weighted by Crippen LogP contribution is 2.22. The van der Waals surface area contributed by atoms with Crippen LogP contribution >= 0.6 is 0 Å². The molecular formula is C11H15FN2O. The molecule has 1 aromatic heterocycles. The van der Waals surface area contributed by atoms with Gasteiger partial charge in [-0.3, -0.25) is 0 Å². The van der Waals surface area contributed by atoms with Gasteiger partial charge < -0.3 is 10.0 Å². The van der Waals surface area contributed by atoms with Crippen LogP contribution in [0, 0.1) is 11.7 Å². The third-order valence-corrected chi connectivity index (χ3v) is 2.82. The Balaban J connectivity index is 2.13. The molecule has 2 rings (SSSR count). The number of aliphatic hydroxyl groups excluding tert-OH is 1. The van der Waals surface area contributed by atoms with Crippen molar-refractivity contribution in [1.29, 1.82) is 0 Å². The zero-order valence-corrected chi connectivity index (χ0v) is 8.56. The first-order valence-electron chi connectivity index (χ1n) is 5.27. The number of nitrogens with zero attached hydrogens (tertiary/aromatic N) is 2. The Morgan fingerprint density at radius 1 is 1.60 bits per heavy atom. The molecule has 0 aromatic carbocycles. The summed E-state index contributed by atoms with van der Waals surface area (Å²) in [5.41, 5.74) is 0. The lowest BCUT2D eigenvalue weighted by molar-refractivity contribution is 0.208. The fourth-order valence-electron chi connectivity index (χ4n) is 2.02. The summed E-state index contributed by atoms with van der Waals surface area (Å²) in [4.78, 5) is 5.96. The van der Waals surface area contributed by atoms with E-state index in [0.717, 1.165) is 19.4 Å². The molecule has 2 heterocycles. The van der Waals surface area contributed by atoms with Gasteiger partial charge in [-0.05, 0) is 30.9 Å². The Labute approximate surface area is 88.6 Å². The minimum absolute atomic E-state index is 0.172. The van der Waals surface area contributed by atoms with Crippen LogP contribution in [0.5, 0.6) is 0 Å². The molecule has 0 bridgehead atoms. The summed E-state index contributed by atoms with van der Waals surface area (Å²) in [6.07, 6.45) is 3.60. The lowest BCUT2D eigenvalue weighted by Gasteiger charge is -2.32. The maximum Gasteiger partial charge on any atom is 0.165 e. The molecule has 4 heteroatoms. The van der Waals surface area contributed by atoms with Gasteiger partial charge in [-0.15, -0.1) is 0 Å². The summed E-state index contributed by atoms with van der Waals surface area (Å²) in [7, 11) is 0. The summed E-state index contributed by atoms with van der Waals surface area (Å²) >= 11 is 0. The van der Waals surface area contributed by atoms with Gasteiger partial charge in [-0.25, -0.2) is 9.37 Å². The Kier molecular flexibility index (Phi) is 3.16. The minimum Gasteiger partial charge on any atom is -0.396 e. The fourth-order valence-corrected chi connectivity index (χ4v) is 2.02. The van der Waals surface area contributed by atoms with Gasteiger partial charge in [0.2, 0.25) is 0 Å². The average molecular weight is 210 g/mol. The average Bonchev–Trinajstić information content (AvgIpc) is 2.30. The topological polar surface area (TPSA) is 36.4 Å². The molecule has 15 heavy (non-hydrogen) atoms. The smallest absolute Gasteiger partial charge is 0.165 e. The predicted octanol–water partition coefficient (Wildman–Crippen LogP) is 1.43. The van der Waals surface area contributed by atoms with E-state index in [-0.39, 0.29) is 18.3 Å². The van der Waals surface area contributed by atoms with Crippen LogP contribution in [0.15, 0.2) is 18.3 Å². The molecule has 82 valence electrons. The van der Waals surface area contributed by atoms with Crippen molar-refractivity contribution >= 4 is 5.82 Å². The van der Waals surface area contributed by atoms with Crippen LogP contribution < -0.4 is 4.90 Å². The molecule has 1 aliphatic heterocycles. The Bertz CT molecular complexity index is 332. The van der Waals surface area contributed by atoms with E-state index < -0.39 is 0 Å². The van der Waals surface area contributed by atoms with Crippen molar-refractivity contribution in [3.05, 3.63) is 24.1 Å². The summed E-state index contributed by atoms with van der Waals surface area (Å²) in [6, 6.07) is 3.01. The largest absolute Gasteiger partial charge is 0.396 e. The van der Waals surface area contributed by atoms with E-state index >= 15 is 0 Å². The quantitative estimate of drug-likeness (QED) is 0.802. The van der Waals surface area contributed by atoms with Crippen molar-refractivity contribution in [3.8, 4) is 0 Å². The lowest BCUT2D eigenvalue weighted by Crippen LogP contribution is -2.37. The van der Waals surface area contributed by atoms with Crippen molar-refractivity contribution in [2.24, 2.45) is 5.92 Å². The number of aliphatic hydroxyl groups is 1. The highest BCUT2D eigenvalue weighted by Gasteiger charge is 2.21. The number of aromatic nitrogens is 1. The molecule has 1 aliphatic rings. The van der Waals surface area contributed by atoms with E-state index in [9.17, 15) is 4.39 Å². The van der Waals surface area contributed by atoms with Gasteiger partial charge in [0.15, 0.2) is 11.6 Å². The zero-order valence-electron chi connectivity index (χ0n) is 8.56. The van der Waals surface area contributed by atoms with E-state index in [1.165, 1.54) is 6.07 Å². The fraction of sp³-hybridized carbons (Fsp3) is 0.545. The van der Waals surface area contributed by atoms with Gasteiger partial charge in [0.25, 0.3) is 0 Å². The van der Waals surface area contributed by atoms with Crippen LogP contribution in [0.1, 0.15) is 12.8 Å². The number of hydrogen-bond donors (Lipinski definition) is 1. The van der Waals surface area contributed by atoms with Crippen LogP contribution in [0.4, 0.5) is 10.2 Å². The molecule has 0 unspecified atom stereocenters. The van der Waals surface area contributed by atoms with Gasteiger partial charge >= 0.3 is 0 Å². The molecule has 1 N–H and O–H groups in total. The van der Waals surface area contributed by atoms with Gasteiger partial charge in [0.05, 0.1) is 0 Å². The number of halogens is 1. The Hall–Kier alpha value is -1.16. The molecule has 1 aromatic rings. The van der Waals surface area contributed by atoms with Gasteiger partial charge in [-0.1, -0.05) is 0 Å². The van der Waals surface area contributed by atoms with Crippen LogP contribution in [0.25, 0.3) is 0 Å². The van der Waals surface area contributed by atoms with Crippen molar-refractivity contribution in [1.82, 2.24) is 4.98 Å². The van der Waals surface area contributed by atoms with Crippen LogP contribution in [0.2, 0.25) is 0 Å². The van der Waals surface area contributed by atoms with Gasteiger partial charge in [0.1, 0.15) is 0 Å². The standard InChI is InChI=1S/C11H15FN2O/c12-10-4-1-5-13-11(10)14-6-2-3-9(7-14)8-15/h1,4-5,9,15H,2-3,6-8H2/t9-/m0/s1. The van der Waals surface area contributed by atoms with Crippen molar-refractivity contribution < 1.29 is 9.50 Å². The second kappa shape index (κ2) is 4.57. The SMILES string of the molecule is OC[C@H]1CCCN(c2ncccc2F)C1. The molecule has 3 nitrogen and oxygen atoms in total. The predicted molar refractivity (Wildman–Crippen MR) is 56.2 cm³/mol. The van der Waals surface area contributed by atoms with Gasteiger partial charge in [0, 0.05) is 25.9 Å². The van der Waals surface area contributed by atoms with Crippen LogP contribution in [-0.4, -0.2) is 29.8 Å². The molecule has 1 atom stereocenters. The molecule has 0 saturated carbocycles. The Morgan fingerprint density at radius 2 is 2.47 bits per heavy atom. The molecule has 0 amide bonds. The maximum atomic E-state index is 13.4. The molecular weight excluding hydrogens is 195 g/mol. The zero-order chi connectivity index (χ0) is 10.7. The molecule has 0 aliphatic carbocycles. The van der Waals surface area contributed by atoms with Crippen molar-refractivity contribution in [3.63, 3.8) is 0 Å². The first-order valence-corrected chi connectivity index (χ1v) is 5.27. The first kappa shape index (κ1) is 10.4. The van der Waals surface area contributed by atoms with Crippen molar-refractivity contribution in [2.75, 3.05) is 24.6 Å². The first-order chi connectivity index (χ1) is 7.31. The highest BCUT2D eigenvalue weighted by molar-refractivity contribution is 5.40. The maximum absolute atomic E-state index is 13.4. The summed E-state index contributed by atoms with van der Waals surface area (Å²) in [6.45, 7) is 1.69. The molecule has 1 fully saturated rings. The molecule has 1 saturated heterocycles. The van der Waals surface area contributed by atoms with E-state index in [1.54, 1.807) is 12.3 Å². The summed E-state index contributed by atoms with van der Waals surface area (Å²) in [5, 5.41) is 9.08. The second-order valence-corrected chi connectivity index (χ2v) is 3.95. The minimum atomic E-state index is -0.281.